The minimum atomic E-state index is 0.0214. The van der Waals surface area contributed by atoms with E-state index < -0.39 is 0 Å². The van der Waals surface area contributed by atoms with Crippen molar-refractivity contribution in [3.05, 3.63) is 28.2 Å². The van der Waals surface area contributed by atoms with Crippen LogP contribution in [0, 0.1) is 12.8 Å². The van der Waals surface area contributed by atoms with Gasteiger partial charge in [-0.2, -0.15) is 0 Å². The van der Waals surface area contributed by atoms with Gasteiger partial charge in [-0.3, -0.25) is 9.59 Å². The van der Waals surface area contributed by atoms with Gasteiger partial charge in [0, 0.05) is 23.7 Å². The maximum Gasteiger partial charge on any atom is 0.254 e. The molecular formula is C19H26N2O3. The van der Waals surface area contributed by atoms with E-state index in [9.17, 15) is 9.59 Å². The Labute approximate surface area is 142 Å². The molecule has 0 bridgehead atoms. The Morgan fingerprint density at radius 3 is 2.42 bits per heavy atom. The van der Waals surface area contributed by atoms with E-state index in [1.54, 1.807) is 6.07 Å². The third-order valence-electron chi connectivity index (χ3n) is 5.56. The van der Waals surface area contributed by atoms with Crippen LogP contribution in [0.5, 0.6) is 5.75 Å². The first kappa shape index (κ1) is 15.7. The van der Waals surface area contributed by atoms with Crippen LogP contribution in [0.25, 0.3) is 0 Å². The first-order valence-electron chi connectivity index (χ1n) is 9.30. The Bertz CT molecular complexity index is 680. The van der Waals surface area contributed by atoms with E-state index >= 15 is 0 Å². The van der Waals surface area contributed by atoms with Gasteiger partial charge >= 0.3 is 0 Å². The van der Waals surface area contributed by atoms with Crippen molar-refractivity contribution >= 4 is 5.91 Å². The molecule has 0 aromatic carbocycles. The largest absolute Gasteiger partial charge is 0.486 e. The number of nitrogens with zero attached hydrogens (tertiary/aromatic N) is 2. The molecule has 0 N–H and O–H groups in total. The fourth-order valence-electron chi connectivity index (χ4n) is 4.04. The zero-order chi connectivity index (χ0) is 16.7. The fraction of sp³-hybridized carbons (Fsp3) is 0.684. The minimum Gasteiger partial charge on any atom is -0.486 e. The van der Waals surface area contributed by atoms with Gasteiger partial charge in [0.25, 0.3) is 5.56 Å². The zero-order valence-electron chi connectivity index (χ0n) is 14.4. The number of pyridine rings is 1. The van der Waals surface area contributed by atoms with E-state index in [1.807, 2.05) is 22.5 Å². The molecule has 2 heterocycles. The molecule has 3 fully saturated rings. The second-order valence-corrected chi connectivity index (χ2v) is 7.59. The number of aryl methyl sites for hydroxylation is 1. The monoisotopic (exact) mass is 330 g/mol. The quantitative estimate of drug-likeness (QED) is 0.853. The lowest BCUT2D eigenvalue weighted by molar-refractivity contribution is -0.145. The average Bonchev–Trinajstić information content (AvgIpc) is 3.35. The Balaban J connectivity index is 1.33. The van der Waals surface area contributed by atoms with Gasteiger partial charge in [0.2, 0.25) is 5.91 Å². The molecule has 1 aliphatic heterocycles. The molecule has 1 amide bonds. The SMILES string of the molecule is Cc1cc(OC2CN(C(=O)C3CCCCC3)C2)cc(=O)n1C1CC1. The first-order valence-corrected chi connectivity index (χ1v) is 9.30. The number of carbonyl (C=O) groups is 1. The molecule has 1 aromatic heterocycles. The van der Waals surface area contributed by atoms with Crippen molar-refractivity contribution in [1.82, 2.24) is 9.47 Å². The number of likely N-dealkylation sites (tertiary alicyclic amines) is 1. The van der Waals surface area contributed by atoms with Gasteiger partial charge < -0.3 is 14.2 Å². The summed E-state index contributed by atoms with van der Waals surface area (Å²) in [5.74, 6) is 1.17. The highest BCUT2D eigenvalue weighted by Gasteiger charge is 2.36. The smallest absolute Gasteiger partial charge is 0.254 e. The van der Waals surface area contributed by atoms with Gasteiger partial charge in [-0.1, -0.05) is 19.3 Å². The third-order valence-corrected chi connectivity index (χ3v) is 5.56. The molecule has 2 aliphatic carbocycles. The Morgan fingerprint density at radius 2 is 1.79 bits per heavy atom. The summed E-state index contributed by atoms with van der Waals surface area (Å²) in [6, 6.07) is 3.93. The van der Waals surface area contributed by atoms with E-state index in [-0.39, 0.29) is 17.6 Å². The number of rotatable bonds is 4. The highest BCUT2D eigenvalue weighted by atomic mass is 16.5. The van der Waals surface area contributed by atoms with E-state index in [1.165, 1.54) is 19.3 Å². The maximum absolute atomic E-state index is 12.4. The Hall–Kier alpha value is -1.78. The molecule has 130 valence electrons. The lowest BCUT2D eigenvalue weighted by Gasteiger charge is -2.41. The first-order chi connectivity index (χ1) is 11.6. The highest BCUT2D eigenvalue weighted by molar-refractivity contribution is 5.79. The summed E-state index contributed by atoms with van der Waals surface area (Å²) in [6.45, 7) is 3.27. The van der Waals surface area contributed by atoms with Crippen molar-refractivity contribution in [1.29, 1.82) is 0 Å². The number of amides is 1. The molecule has 0 atom stereocenters. The topological polar surface area (TPSA) is 51.5 Å². The van der Waals surface area contributed by atoms with Crippen LogP contribution in [-0.4, -0.2) is 34.6 Å². The lowest BCUT2D eigenvalue weighted by Crippen LogP contribution is -2.57. The molecule has 0 unspecified atom stereocenters. The summed E-state index contributed by atoms with van der Waals surface area (Å²) in [4.78, 5) is 26.6. The number of hydrogen-bond acceptors (Lipinski definition) is 3. The van der Waals surface area contributed by atoms with Crippen molar-refractivity contribution < 1.29 is 9.53 Å². The summed E-state index contributed by atoms with van der Waals surface area (Å²) in [5.41, 5.74) is 0.997. The molecule has 3 aliphatic rings. The van der Waals surface area contributed by atoms with E-state index in [4.69, 9.17) is 4.74 Å². The van der Waals surface area contributed by atoms with Crippen molar-refractivity contribution in [2.75, 3.05) is 13.1 Å². The molecule has 2 saturated carbocycles. The van der Waals surface area contributed by atoms with Crippen LogP contribution in [0.1, 0.15) is 56.7 Å². The summed E-state index contributed by atoms with van der Waals surface area (Å²) in [7, 11) is 0. The molecule has 1 saturated heterocycles. The van der Waals surface area contributed by atoms with E-state index in [2.05, 4.69) is 0 Å². The van der Waals surface area contributed by atoms with Crippen LogP contribution < -0.4 is 10.3 Å². The molecule has 5 heteroatoms. The number of hydrogen-bond donors (Lipinski definition) is 0. The molecule has 0 radical (unpaired) electrons. The number of ether oxygens (including phenoxy) is 1. The van der Waals surface area contributed by atoms with E-state index in [0.717, 1.165) is 31.4 Å². The van der Waals surface area contributed by atoms with Gasteiger partial charge in [-0.15, -0.1) is 0 Å². The van der Waals surface area contributed by atoms with Gasteiger partial charge in [0.1, 0.15) is 11.9 Å². The second kappa shape index (κ2) is 6.26. The van der Waals surface area contributed by atoms with Crippen molar-refractivity contribution in [3.8, 4) is 5.75 Å². The van der Waals surface area contributed by atoms with Crippen LogP contribution in [0.4, 0.5) is 0 Å². The zero-order valence-corrected chi connectivity index (χ0v) is 14.4. The normalized spacial score (nSPS) is 22.3. The van der Waals surface area contributed by atoms with Crippen LogP contribution in [-0.2, 0) is 4.79 Å². The Kier molecular flexibility index (Phi) is 4.10. The summed E-state index contributed by atoms with van der Waals surface area (Å²) in [5, 5.41) is 0. The van der Waals surface area contributed by atoms with Crippen LogP contribution >= 0.6 is 0 Å². The van der Waals surface area contributed by atoms with Gasteiger partial charge in [0.05, 0.1) is 13.1 Å². The molecule has 24 heavy (non-hydrogen) atoms. The minimum absolute atomic E-state index is 0.0214. The molecule has 5 nitrogen and oxygen atoms in total. The third kappa shape index (κ3) is 3.08. The fourth-order valence-corrected chi connectivity index (χ4v) is 4.04. The van der Waals surface area contributed by atoms with Crippen LogP contribution in [0.3, 0.4) is 0 Å². The molecular weight excluding hydrogens is 304 g/mol. The van der Waals surface area contributed by atoms with Crippen molar-refractivity contribution in [3.63, 3.8) is 0 Å². The van der Waals surface area contributed by atoms with Crippen LogP contribution in [0.15, 0.2) is 16.9 Å². The standard InChI is InChI=1S/C19H26N2O3/c1-13-9-16(10-18(22)21(13)15-7-8-15)24-17-11-20(12-17)19(23)14-5-3-2-4-6-14/h9-10,14-15,17H,2-8,11-12H2,1H3. The number of carbonyl (C=O) groups excluding carboxylic acids is 1. The van der Waals surface area contributed by atoms with Crippen LogP contribution in [0.2, 0.25) is 0 Å². The average molecular weight is 330 g/mol. The highest BCUT2D eigenvalue weighted by Crippen LogP contribution is 2.35. The predicted octanol–water partition coefficient (Wildman–Crippen LogP) is 2.66. The van der Waals surface area contributed by atoms with E-state index in [0.29, 0.717) is 30.8 Å². The summed E-state index contributed by atoms with van der Waals surface area (Å²) >= 11 is 0. The van der Waals surface area contributed by atoms with Crippen molar-refractivity contribution in [2.24, 2.45) is 5.92 Å². The summed E-state index contributed by atoms with van der Waals surface area (Å²) < 4.78 is 7.80. The Morgan fingerprint density at radius 1 is 1.08 bits per heavy atom. The van der Waals surface area contributed by atoms with Gasteiger partial charge in [-0.05, 0) is 38.7 Å². The summed E-state index contributed by atoms with van der Waals surface area (Å²) in [6.07, 6.45) is 7.93. The lowest BCUT2D eigenvalue weighted by atomic mass is 9.87. The maximum atomic E-state index is 12.4. The van der Waals surface area contributed by atoms with Gasteiger partial charge in [-0.25, -0.2) is 0 Å². The molecule has 4 rings (SSSR count). The predicted molar refractivity (Wildman–Crippen MR) is 91.3 cm³/mol. The number of aromatic nitrogens is 1. The second-order valence-electron chi connectivity index (χ2n) is 7.59. The van der Waals surface area contributed by atoms with Crippen molar-refractivity contribution in [2.45, 2.75) is 64.0 Å². The van der Waals surface area contributed by atoms with Gasteiger partial charge in [0.15, 0.2) is 0 Å². The molecule has 1 aromatic rings. The molecule has 0 spiro atoms.